The van der Waals surface area contributed by atoms with Crippen LogP contribution in [0.15, 0.2) is 24.3 Å². The summed E-state index contributed by atoms with van der Waals surface area (Å²) in [5.41, 5.74) is 5.99. The first-order chi connectivity index (χ1) is 17.4. The van der Waals surface area contributed by atoms with Crippen molar-refractivity contribution in [3.8, 4) is 0 Å². The van der Waals surface area contributed by atoms with Gasteiger partial charge < -0.3 is 37.1 Å². The molecule has 1 aromatic rings. The van der Waals surface area contributed by atoms with Crippen molar-refractivity contribution in [2.45, 2.75) is 59.6 Å². The highest BCUT2D eigenvalue weighted by Crippen LogP contribution is 2.19. The molecule has 0 aliphatic heterocycles. The average molecular weight is 521 g/mol. The van der Waals surface area contributed by atoms with Crippen molar-refractivity contribution in [3.05, 3.63) is 29.8 Å². The molecule has 0 unspecified atom stereocenters. The number of carbonyl (C=O) groups excluding carboxylic acids is 5. The first-order valence-corrected chi connectivity index (χ1v) is 12.2. The lowest BCUT2D eigenvalue weighted by atomic mass is 9.88. The maximum Gasteiger partial charge on any atom is 0.312 e. The first kappa shape index (κ1) is 31.4. The SMILES string of the molecule is CC(=O)NCCNCC(C)(C)CC(=O)N[C@H](CCCNC(N)=O)C(=O)Nc1ccc(COC(C)=O)cc1. The van der Waals surface area contributed by atoms with Crippen molar-refractivity contribution in [2.75, 3.05) is 31.5 Å². The maximum atomic E-state index is 13.0. The second kappa shape index (κ2) is 16.1. The second-order valence-corrected chi connectivity index (χ2v) is 9.52. The van der Waals surface area contributed by atoms with Crippen molar-refractivity contribution >= 4 is 35.4 Å². The molecule has 0 heterocycles. The average Bonchev–Trinajstić information content (AvgIpc) is 2.79. The Morgan fingerprint density at radius 2 is 1.65 bits per heavy atom. The molecule has 0 saturated carbocycles. The molecule has 0 aliphatic rings. The van der Waals surface area contributed by atoms with Crippen molar-refractivity contribution < 1.29 is 28.7 Å². The number of carbonyl (C=O) groups is 5. The van der Waals surface area contributed by atoms with Crippen LogP contribution < -0.4 is 32.3 Å². The lowest BCUT2D eigenvalue weighted by Gasteiger charge is -2.26. The number of urea groups is 1. The highest BCUT2D eigenvalue weighted by molar-refractivity contribution is 5.97. The van der Waals surface area contributed by atoms with Gasteiger partial charge >= 0.3 is 12.0 Å². The van der Waals surface area contributed by atoms with E-state index in [1.807, 2.05) is 13.8 Å². The highest BCUT2D eigenvalue weighted by Gasteiger charge is 2.26. The van der Waals surface area contributed by atoms with Crippen LogP contribution in [0.4, 0.5) is 10.5 Å². The van der Waals surface area contributed by atoms with E-state index in [1.165, 1.54) is 13.8 Å². The van der Waals surface area contributed by atoms with Gasteiger partial charge in [0.1, 0.15) is 12.6 Å². The second-order valence-electron chi connectivity index (χ2n) is 9.52. The Kier molecular flexibility index (Phi) is 13.7. The van der Waals surface area contributed by atoms with E-state index in [0.29, 0.717) is 31.7 Å². The van der Waals surface area contributed by atoms with Gasteiger partial charge in [-0.25, -0.2) is 4.79 Å². The fourth-order valence-electron chi connectivity index (χ4n) is 3.38. The van der Waals surface area contributed by atoms with Crippen LogP contribution in [0.25, 0.3) is 0 Å². The minimum atomic E-state index is -0.827. The molecule has 0 fully saturated rings. The van der Waals surface area contributed by atoms with E-state index in [9.17, 15) is 24.0 Å². The van der Waals surface area contributed by atoms with E-state index < -0.39 is 23.4 Å². The molecule has 0 bridgehead atoms. The molecule has 206 valence electrons. The van der Waals surface area contributed by atoms with Crippen molar-refractivity contribution in [3.63, 3.8) is 0 Å². The van der Waals surface area contributed by atoms with Crippen LogP contribution in [-0.2, 0) is 30.5 Å². The largest absolute Gasteiger partial charge is 0.461 e. The fraction of sp³-hybridized carbons (Fsp3) is 0.560. The van der Waals surface area contributed by atoms with Gasteiger partial charge in [-0.15, -0.1) is 0 Å². The molecule has 5 amide bonds. The minimum Gasteiger partial charge on any atom is -0.461 e. The van der Waals surface area contributed by atoms with Gasteiger partial charge in [0.05, 0.1) is 0 Å². The fourth-order valence-corrected chi connectivity index (χ4v) is 3.38. The quantitative estimate of drug-likeness (QED) is 0.137. The Morgan fingerprint density at radius 3 is 2.24 bits per heavy atom. The van der Waals surface area contributed by atoms with Gasteiger partial charge in [0, 0.05) is 52.1 Å². The highest BCUT2D eigenvalue weighted by atomic mass is 16.5. The van der Waals surface area contributed by atoms with Crippen LogP contribution in [0.3, 0.4) is 0 Å². The summed E-state index contributed by atoms with van der Waals surface area (Å²) in [5, 5.41) is 14.0. The van der Waals surface area contributed by atoms with Crippen LogP contribution >= 0.6 is 0 Å². The summed E-state index contributed by atoms with van der Waals surface area (Å²) < 4.78 is 4.95. The third kappa shape index (κ3) is 15.1. The summed E-state index contributed by atoms with van der Waals surface area (Å²) in [4.78, 5) is 58.6. The van der Waals surface area contributed by atoms with Gasteiger partial charge in [0.25, 0.3) is 0 Å². The van der Waals surface area contributed by atoms with E-state index in [1.54, 1.807) is 24.3 Å². The molecule has 12 nitrogen and oxygen atoms in total. The Balaban J connectivity index is 2.70. The number of ether oxygens (including phenoxy) is 1. The number of hydrogen-bond donors (Lipinski definition) is 6. The number of nitrogens with one attached hydrogen (secondary N) is 5. The maximum absolute atomic E-state index is 13.0. The molecule has 1 atom stereocenters. The van der Waals surface area contributed by atoms with Crippen LogP contribution in [0.1, 0.15) is 52.5 Å². The van der Waals surface area contributed by atoms with Gasteiger partial charge in [0.15, 0.2) is 0 Å². The predicted octanol–water partition coefficient (Wildman–Crippen LogP) is 0.764. The monoisotopic (exact) mass is 520 g/mol. The van der Waals surface area contributed by atoms with Crippen LogP contribution in [-0.4, -0.2) is 61.9 Å². The number of amides is 5. The van der Waals surface area contributed by atoms with Crippen molar-refractivity contribution in [1.82, 2.24) is 21.3 Å². The Morgan fingerprint density at radius 1 is 0.973 bits per heavy atom. The van der Waals surface area contributed by atoms with Crippen molar-refractivity contribution in [2.24, 2.45) is 11.1 Å². The topological polar surface area (TPSA) is 181 Å². The molecule has 0 radical (unpaired) electrons. The molecule has 1 aromatic carbocycles. The summed E-state index contributed by atoms with van der Waals surface area (Å²) in [6, 6.07) is 5.33. The number of esters is 1. The molecule has 1 rings (SSSR count). The molecule has 37 heavy (non-hydrogen) atoms. The third-order valence-corrected chi connectivity index (χ3v) is 5.20. The molecule has 7 N–H and O–H groups in total. The molecular weight excluding hydrogens is 480 g/mol. The van der Waals surface area contributed by atoms with Gasteiger partial charge in [0.2, 0.25) is 17.7 Å². The smallest absolute Gasteiger partial charge is 0.312 e. The summed E-state index contributed by atoms with van der Waals surface area (Å²) in [7, 11) is 0. The van der Waals surface area contributed by atoms with Crippen LogP contribution in [0, 0.1) is 5.41 Å². The third-order valence-electron chi connectivity index (χ3n) is 5.20. The molecule has 0 aliphatic carbocycles. The number of anilines is 1. The van der Waals surface area contributed by atoms with Gasteiger partial charge in [-0.3, -0.25) is 19.2 Å². The number of rotatable bonds is 16. The molecular formula is C25H40N6O6. The summed E-state index contributed by atoms with van der Waals surface area (Å²) >= 11 is 0. The molecule has 0 saturated heterocycles. The zero-order chi connectivity index (χ0) is 27.8. The van der Waals surface area contributed by atoms with E-state index in [4.69, 9.17) is 10.5 Å². The summed E-state index contributed by atoms with van der Waals surface area (Å²) in [5.74, 6) is -1.17. The van der Waals surface area contributed by atoms with E-state index in [-0.39, 0.29) is 43.8 Å². The van der Waals surface area contributed by atoms with Gasteiger partial charge in [-0.05, 0) is 36.0 Å². The summed E-state index contributed by atoms with van der Waals surface area (Å²) in [6.45, 7) is 8.64. The number of nitrogens with two attached hydrogens (primary N) is 1. The number of hydrogen-bond acceptors (Lipinski definition) is 7. The van der Waals surface area contributed by atoms with E-state index in [2.05, 4.69) is 26.6 Å². The zero-order valence-electron chi connectivity index (χ0n) is 22.1. The molecule has 0 spiro atoms. The first-order valence-electron chi connectivity index (χ1n) is 12.2. The Bertz CT molecular complexity index is 919. The van der Waals surface area contributed by atoms with Crippen molar-refractivity contribution in [1.29, 1.82) is 0 Å². The van der Waals surface area contributed by atoms with E-state index in [0.717, 1.165) is 5.56 Å². The Hall–Kier alpha value is -3.67. The molecule has 12 heteroatoms. The van der Waals surface area contributed by atoms with Gasteiger partial charge in [-0.2, -0.15) is 0 Å². The number of primary amides is 1. The lowest BCUT2D eigenvalue weighted by molar-refractivity contribution is -0.142. The Labute approximate surface area is 217 Å². The lowest BCUT2D eigenvalue weighted by Crippen LogP contribution is -2.46. The summed E-state index contributed by atoms with van der Waals surface area (Å²) in [6.07, 6.45) is 0.892. The predicted molar refractivity (Wildman–Crippen MR) is 139 cm³/mol. The minimum absolute atomic E-state index is 0.103. The van der Waals surface area contributed by atoms with Gasteiger partial charge in [-0.1, -0.05) is 26.0 Å². The van der Waals surface area contributed by atoms with Crippen LogP contribution in [0.2, 0.25) is 0 Å². The van der Waals surface area contributed by atoms with Crippen LogP contribution in [0.5, 0.6) is 0 Å². The van der Waals surface area contributed by atoms with E-state index >= 15 is 0 Å². The molecule has 0 aromatic heterocycles. The number of benzene rings is 1. The standard InChI is InChI=1S/C25H40N6O6/c1-17(32)28-13-12-27-16-25(3,4)14-22(34)31-21(6-5-11-29-24(26)36)23(35)30-20-9-7-19(8-10-20)15-37-18(2)33/h7-10,21,27H,5-6,11-16H2,1-4H3,(H,28,32)(H,30,35)(H,31,34)(H3,26,29,36)/t21-/m1/s1. The zero-order valence-corrected chi connectivity index (χ0v) is 22.1. The normalized spacial score (nSPS) is 11.7.